The van der Waals surface area contributed by atoms with Gasteiger partial charge in [-0.3, -0.25) is 9.69 Å². The van der Waals surface area contributed by atoms with Crippen molar-refractivity contribution in [1.29, 1.82) is 0 Å². The molecule has 2 heterocycles. The maximum absolute atomic E-state index is 12.3. The van der Waals surface area contributed by atoms with Crippen LogP contribution in [0.1, 0.15) is 32.1 Å². The summed E-state index contributed by atoms with van der Waals surface area (Å²) in [6.45, 7) is 6.47. The highest BCUT2D eigenvalue weighted by atomic mass is 16.2. The van der Waals surface area contributed by atoms with Crippen LogP contribution in [-0.4, -0.2) is 61.0 Å². The quantitative estimate of drug-likeness (QED) is 0.784. The van der Waals surface area contributed by atoms with Crippen molar-refractivity contribution in [2.75, 3.05) is 39.3 Å². The van der Waals surface area contributed by atoms with Gasteiger partial charge in [0.15, 0.2) is 0 Å². The van der Waals surface area contributed by atoms with E-state index in [-0.39, 0.29) is 0 Å². The summed E-state index contributed by atoms with van der Waals surface area (Å²) in [7, 11) is 0. The van der Waals surface area contributed by atoms with Gasteiger partial charge in [0.05, 0.1) is 0 Å². The summed E-state index contributed by atoms with van der Waals surface area (Å²) in [6, 6.07) is 0.639. The zero-order valence-corrected chi connectivity index (χ0v) is 11.2. The molecule has 1 saturated carbocycles. The Bertz CT molecular complexity index is 289. The Balaban J connectivity index is 1.44. The predicted molar refractivity (Wildman–Crippen MR) is 71.4 cm³/mol. The number of carbonyl (C=O) groups excluding carboxylic acids is 1. The molecule has 4 heteroatoms. The van der Waals surface area contributed by atoms with Crippen molar-refractivity contribution in [2.45, 2.75) is 38.1 Å². The van der Waals surface area contributed by atoms with Crippen molar-refractivity contribution >= 4 is 5.91 Å². The zero-order chi connectivity index (χ0) is 12.4. The number of nitrogens with zero attached hydrogens (tertiary/aromatic N) is 2. The smallest absolute Gasteiger partial charge is 0.225 e. The molecule has 1 amide bonds. The molecule has 0 aromatic carbocycles. The fraction of sp³-hybridized carbons (Fsp3) is 0.929. The van der Waals surface area contributed by atoms with E-state index in [1.54, 1.807) is 0 Å². The molecule has 0 aromatic heterocycles. The summed E-state index contributed by atoms with van der Waals surface area (Å²) in [5, 5.41) is 3.38. The summed E-state index contributed by atoms with van der Waals surface area (Å²) >= 11 is 0. The Morgan fingerprint density at radius 1 is 1.00 bits per heavy atom. The second-order valence-electron chi connectivity index (χ2n) is 6.02. The largest absolute Gasteiger partial charge is 0.339 e. The van der Waals surface area contributed by atoms with E-state index in [0.717, 1.165) is 52.1 Å². The first kappa shape index (κ1) is 12.4. The summed E-state index contributed by atoms with van der Waals surface area (Å²) in [6.07, 6.45) is 6.10. The molecule has 1 aliphatic carbocycles. The zero-order valence-electron chi connectivity index (χ0n) is 11.2. The average molecular weight is 251 g/mol. The van der Waals surface area contributed by atoms with Crippen molar-refractivity contribution in [2.24, 2.45) is 5.92 Å². The summed E-state index contributed by atoms with van der Waals surface area (Å²) in [5.74, 6) is 0.795. The van der Waals surface area contributed by atoms with Gasteiger partial charge in [0.25, 0.3) is 0 Å². The third kappa shape index (κ3) is 2.54. The average Bonchev–Trinajstić information content (AvgIpc) is 2.39. The van der Waals surface area contributed by atoms with Crippen LogP contribution in [0, 0.1) is 5.92 Å². The number of rotatable bonds is 2. The van der Waals surface area contributed by atoms with Gasteiger partial charge in [0.2, 0.25) is 5.91 Å². The Kier molecular flexibility index (Phi) is 3.85. The fourth-order valence-corrected chi connectivity index (χ4v) is 3.52. The van der Waals surface area contributed by atoms with Crippen molar-refractivity contribution < 1.29 is 4.79 Å². The van der Waals surface area contributed by atoms with Crippen LogP contribution >= 0.6 is 0 Å². The standard InChI is InChI=1S/C14H25N3O/c18-14(12-4-2-1-3-5-12)17-10-13(11-17)16-8-6-15-7-9-16/h12-13,15H,1-11H2. The Morgan fingerprint density at radius 2 is 1.67 bits per heavy atom. The van der Waals surface area contributed by atoms with Crippen LogP contribution in [-0.2, 0) is 4.79 Å². The highest BCUT2D eigenvalue weighted by Gasteiger charge is 2.37. The highest BCUT2D eigenvalue weighted by Crippen LogP contribution is 2.27. The van der Waals surface area contributed by atoms with Gasteiger partial charge in [-0.05, 0) is 12.8 Å². The minimum Gasteiger partial charge on any atom is -0.339 e. The number of likely N-dealkylation sites (tertiary alicyclic amines) is 1. The van der Waals surface area contributed by atoms with E-state index in [1.165, 1.54) is 19.3 Å². The van der Waals surface area contributed by atoms with Crippen molar-refractivity contribution in [1.82, 2.24) is 15.1 Å². The third-order valence-electron chi connectivity index (χ3n) is 4.80. The molecule has 2 aliphatic heterocycles. The number of piperazine rings is 1. The lowest BCUT2D eigenvalue weighted by molar-refractivity contribution is -0.144. The van der Waals surface area contributed by atoms with Crippen LogP contribution < -0.4 is 5.32 Å². The van der Waals surface area contributed by atoms with Crippen LogP contribution in [0.15, 0.2) is 0 Å². The molecule has 2 saturated heterocycles. The van der Waals surface area contributed by atoms with Crippen molar-refractivity contribution in [3.63, 3.8) is 0 Å². The van der Waals surface area contributed by atoms with Gasteiger partial charge in [-0.2, -0.15) is 0 Å². The van der Waals surface area contributed by atoms with Crippen LogP contribution in [0.25, 0.3) is 0 Å². The topological polar surface area (TPSA) is 35.6 Å². The van der Waals surface area contributed by atoms with Crippen LogP contribution in [0.3, 0.4) is 0 Å². The maximum atomic E-state index is 12.3. The van der Waals surface area contributed by atoms with Crippen molar-refractivity contribution in [3.05, 3.63) is 0 Å². The maximum Gasteiger partial charge on any atom is 0.225 e. The van der Waals surface area contributed by atoms with Crippen LogP contribution in [0.4, 0.5) is 0 Å². The van der Waals surface area contributed by atoms with E-state index >= 15 is 0 Å². The van der Waals surface area contributed by atoms with Gasteiger partial charge < -0.3 is 10.2 Å². The molecule has 18 heavy (non-hydrogen) atoms. The predicted octanol–water partition coefficient (Wildman–Crippen LogP) is 0.683. The molecular formula is C14H25N3O. The molecule has 0 radical (unpaired) electrons. The van der Waals surface area contributed by atoms with E-state index in [1.807, 2.05) is 0 Å². The fourth-order valence-electron chi connectivity index (χ4n) is 3.52. The van der Waals surface area contributed by atoms with Crippen LogP contribution in [0.5, 0.6) is 0 Å². The molecule has 0 atom stereocenters. The lowest BCUT2D eigenvalue weighted by Crippen LogP contribution is -2.64. The number of nitrogens with one attached hydrogen (secondary N) is 1. The highest BCUT2D eigenvalue weighted by molar-refractivity contribution is 5.79. The van der Waals surface area contributed by atoms with E-state index < -0.39 is 0 Å². The monoisotopic (exact) mass is 251 g/mol. The molecular weight excluding hydrogens is 226 g/mol. The van der Waals surface area contributed by atoms with E-state index in [4.69, 9.17) is 0 Å². The van der Waals surface area contributed by atoms with E-state index in [2.05, 4.69) is 15.1 Å². The van der Waals surface area contributed by atoms with Gasteiger partial charge in [-0.15, -0.1) is 0 Å². The normalized spacial score (nSPS) is 28.1. The summed E-state index contributed by atoms with van der Waals surface area (Å²) in [4.78, 5) is 16.9. The second-order valence-corrected chi connectivity index (χ2v) is 6.02. The molecule has 3 fully saturated rings. The number of hydrogen-bond donors (Lipinski definition) is 1. The van der Waals surface area contributed by atoms with Crippen molar-refractivity contribution in [3.8, 4) is 0 Å². The van der Waals surface area contributed by atoms with Gasteiger partial charge >= 0.3 is 0 Å². The molecule has 3 aliphatic rings. The number of carbonyl (C=O) groups is 1. The summed E-state index contributed by atoms with van der Waals surface area (Å²) < 4.78 is 0. The lowest BCUT2D eigenvalue weighted by Gasteiger charge is -2.48. The number of hydrogen-bond acceptors (Lipinski definition) is 3. The minimum atomic E-state index is 0.350. The van der Waals surface area contributed by atoms with Gasteiger partial charge in [-0.1, -0.05) is 19.3 Å². The Hall–Kier alpha value is -0.610. The Morgan fingerprint density at radius 3 is 2.33 bits per heavy atom. The lowest BCUT2D eigenvalue weighted by atomic mass is 9.87. The first-order valence-corrected chi connectivity index (χ1v) is 7.58. The second kappa shape index (κ2) is 5.57. The molecule has 0 unspecified atom stereocenters. The van der Waals surface area contributed by atoms with Gasteiger partial charge in [0.1, 0.15) is 0 Å². The van der Waals surface area contributed by atoms with Gasteiger partial charge in [0, 0.05) is 51.2 Å². The van der Waals surface area contributed by atoms with E-state index in [0.29, 0.717) is 17.9 Å². The molecule has 102 valence electrons. The van der Waals surface area contributed by atoms with Crippen LogP contribution in [0.2, 0.25) is 0 Å². The Labute approximate surface area is 110 Å². The minimum absolute atomic E-state index is 0.350. The first-order valence-electron chi connectivity index (χ1n) is 7.58. The molecule has 0 aromatic rings. The molecule has 1 N–H and O–H groups in total. The SMILES string of the molecule is O=C(C1CCCCC1)N1CC(N2CCNCC2)C1. The molecule has 4 nitrogen and oxygen atoms in total. The molecule has 3 rings (SSSR count). The van der Waals surface area contributed by atoms with Gasteiger partial charge in [-0.25, -0.2) is 0 Å². The summed E-state index contributed by atoms with van der Waals surface area (Å²) in [5.41, 5.74) is 0. The molecule has 0 spiro atoms. The molecule has 0 bridgehead atoms. The van der Waals surface area contributed by atoms with E-state index in [9.17, 15) is 4.79 Å². The third-order valence-corrected chi connectivity index (χ3v) is 4.80. The first-order chi connectivity index (χ1) is 8.84. The number of amides is 1.